The van der Waals surface area contributed by atoms with Crippen molar-refractivity contribution in [2.45, 2.75) is 26.3 Å². The highest BCUT2D eigenvalue weighted by atomic mass is 16.5. The van der Waals surface area contributed by atoms with Crippen molar-refractivity contribution in [1.29, 1.82) is 0 Å². The van der Waals surface area contributed by atoms with E-state index in [-0.39, 0.29) is 0 Å². The molecule has 0 spiro atoms. The molecule has 0 saturated carbocycles. The molecule has 2 aromatic carbocycles. The third-order valence-corrected chi connectivity index (χ3v) is 5.44. The summed E-state index contributed by atoms with van der Waals surface area (Å²) in [7, 11) is 1.74. The molecule has 1 heterocycles. The minimum absolute atomic E-state index is 0.558. The lowest BCUT2D eigenvalue weighted by molar-refractivity contribution is 0.238. The van der Waals surface area contributed by atoms with Crippen LogP contribution in [-0.2, 0) is 6.54 Å². The molecule has 1 aliphatic rings. The van der Waals surface area contributed by atoms with Crippen LogP contribution in [0.25, 0.3) is 0 Å². The van der Waals surface area contributed by atoms with Crippen molar-refractivity contribution in [2.24, 2.45) is 10.9 Å². The van der Waals surface area contributed by atoms with E-state index in [1.807, 2.05) is 43.3 Å². The molecule has 1 aliphatic heterocycles. The van der Waals surface area contributed by atoms with Gasteiger partial charge in [0.2, 0.25) is 0 Å². The Hall–Kier alpha value is -2.77. The lowest BCUT2D eigenvalue weighted by Crippen LogP contribution is -2.46. The third-order valence-electron chi connectivity index (χ3n) is 5.44. The van der Waals surface area contributed by atoms with Gasteiger partial charge in [-0.25, -0.2) is 11.0 Å². The van der Waals surface area contributed by atoms with Crippen molar-refractivity contribution in [2.75, 3.05) is 51.3 Å². The van der Waals surface area contributed by atoms with Crippen LogP contribution in [-0.4, -0.2) is 62.7 Å². The number of methoxy groups -OCH3 is 1. The van der Waals surface area contributed by atoms with E-state index in [4.69, 9.17) is 15.3 Å². The Labute approximate surface area is 186 Å². The summed E-state index contributed by atoms with van der Waals surface area (Å²) in [4.78, 5) is 4.95. The van der Waals surface area contributed by atoms with Gasteiger partial charge in [-0.2, -0.15) is 5.10 Å². The van der Waals surface area contributed by atoms with Gasteiger partial charge >= 0.3 is 0 Å². The van der Waals surface area contributed by atoms with Crippen molar-refractivity contribution in [1.82, 2.24) is 10.0 Å². The van der Waals surface area contributed by atoms with E-state index in [0.717, 1.165) is 69.2 Å². The van der Waals surface area contributed by atoms with E-state index in [9.17, 15) is 0 Å². The Morgan fingerprint density at radius 3 is 2.65 bits per heavy atom. The molecule has 2 N–H and O–H groups in total. The summed E-state index contributed by atoms with van der Waals surface area (Å²) >= 11 is 0. The molecule has 1 fully saturated rings. The van der Waals surface area contributed by atoms with Crippen molar-refractivity contribution in [3.8, 4) is 11.5 Å². The molecule has 31 heavy (non-hydrogen) atoms. The number of piperazine rings is 1. The first-order chi connectivity index (χ1) is 15.2. The smallest absolute Gasteiger partial charge is 0.142 e. The Morgan fingerprint density at radius 2 is 1.87 bits per heavy atom. The van der Waals surface area contributed by atoms with Crippen LogP contribution in [0.5, 0.6) is 11.5 Å². The fourth-order valence-corrected chi connectivity index (χ4v) is 3.84. The van der Waals surface area contributed by atoms with E-state index in [2.05, 4.69) is 27.0 Å². The zero-order chi connectivity index (χ0) is 21.9. The van der Waals surface area contributed by atoms with Crippen LogP contribution in [0.2, 0.25) is 0 Å². The molecule has 1 saturated heterocycles. The highest BCUT2D eigenvalue weighted by Gasteiger charge is 2.19. The third kappa shape index (κ3) is 7.15. The molecule has 168 valence electrons. The van der Waals surface area contributed by atoms with Crippen LogP contribution >= 0.6 is 0 Å². The molecule has 0 radical (unpaired) electrons. The summed E-state index contributed by atoms with van der Waals surface area (Å²) in [5.74, 6) is 7.65. The number of nitrogens with zero attached hydrogens (tertiary/aromatic N) is 4. The number of hydrogen-bond donors (Lipinski definition) is 1. The monoisotopic (exact) mass is 425 g/mol. The summed E-state index contributed by atoms with van der Waals surface area (Å²) in [6.07, 6.45) is 3.86. The van der Waals surface area contributed by atoms with Crippen LogP contribution in [0, 0.1) is 0 Å². The van der Waals surface area contributed by atoms with Crippen molar-refractivity contribution < 1.29 is 9.47 Å². The summed E-state index contributed by atoms with van der Waals surface area (Å²) in [6, 6.07) is 16.3. The molecule has 7 heteroatoms. The van der Waals surface area contributed by atoms with Crippen molar-refractivity contribution in [3.63, 3.8) is 0 Å². The zero-order valence-corrected chi connectivity index (χ0v) is 18.7. The van der Waals surface area contributed by atoms with Gasteiger partial charge in [-0.15, -0.1) is 0 Å². The van der Waals surface area contributed by atoms with E-state index >= 15 is 0 Å². The van der Waals surface area contributed by atoms with Gasteiger partial charge in [-0.05, 0) is 56.1 Å². The number of hydrazone groups is 1. The van der Waals surface area contributed by atoms with Crippen LogP contribution in [0.3, 0.4) is 0 Å². The quantitative estimate of drug-likeness (QED) is 0.258. The number of para-hydroxylation sites is 2. The number of hydrogen-bond acceptors (Lipinski definition) is 7. The first-order valence-corrected chi connectivity index (χ1v) is 11.0. The highest BCUT2D eigenvalue weighted by Crippen LogP contribution is 2.28. The summed E-state index contributed by atoms with van der Waals surface area (Å²) in [6.45, 7) is 8.47. The van der Waals surface area contributed by atoms with E-state index in [1.54, 1.807) is 13.3 Å². The number of nitrogens with two attached hydrogens (primary N) is 1. The molecule has 0 unspecified atom stereocenters. The van der Waals surface area contributed by atoms with Gasteiger partial charge in [0.05, 0.1) is 25.9 Å². The number of unbranched alkanes of at least 4 members (excludes halogenated alkanes) is 1. The van der Waals surface area contributed by atoms with Crippen molar-refractivity contribution in [3.05, 3.63) is 54.1 Å². The lowest BCUT2D eigenvalue weighted by atomic mass is 10.2. The average molecular weight is 426 g/mol. The number of benzene rings is 2. The number of rotatable bonds is 11. The largest absolute Gasteiger partial charge is 0.495 e. The molecule has 3 rings (SSSR count). The van der Waals surface area contributed by atoms with Gasteiger partial charge in [-0.3, -0.25) is 4.90 Å². The van der Waals surface area contributed by atoms with Gasteiger partial charge in [-0.1, -0.05) is 24.3 Å². The maximum atomic E-state index is 5.94. The lowest BCUT2D eigenvalue weighted by Gasteiger charge is -2.36. The highest BCUT2D eigenvalue weighted by molar-refractivity contribution is 5.58. The normalized spacial score (nSPS) is 14.7. The Bertz CT molecular complexity index is 821. The zero-order valence-electron chi connectivity index (χ0n) is 18.7. The summed E-state index contributed by atoms with van der Waals surface area (Å²) in [5.41, 5.74) is 2.28. The maximum absolute atomic E-state index is 5.94. The number of hydrazine groups is 1. The number of anilines is 1. The van der Waals surface area contributed by atoms with E-state index < -0.39 is 0 Å². The summed E-state index contributed by atoms with van der Waals surface area (Å²) < 4.78 is 11.4. The molecular weight excluding hydrogens is 390 g/mol. The molecule has 0 bridgehead atoms. The summed E-state index contributed by atoms with van der Waals surface area (Å²) in [5, 5.41) is 5.47. The minimum Gasteiger partial charge on any atom is -0.495 e. The first-order valence-electron chi connectivity index (χ1n) is 11.0. The van der Waals surface area contributed by atoms with Crippen LogP contribution in [0.4, 0.5) is 5.69 Å². The molecular formula is C24H35N5O2. The minimum atomic E-state index is 0.558. The maximum Gasteiger partial charge on any atom is 0.142 e. The molecule has 0 amide bonds. The second kappa shape index (κ2) is 12.2. The standard InChI is InChI=1S/C24H35N5O2/c1-3-26-29(25)20-21-9-8-10-22(19-21)31-18-7-6-13-27-14-16-28(17-15-27)23-11-4-5-12-24(23)30-2/h3-5,8-12,19H,6-7,13-18,20,25H2,1-2H3/b26-3-. The Kier molecular flexibility index (Phi) is 8.99. The molecule has 7 nitrogen and oxygen atoms in total. The van der Waals surface area contributed by atoms with Gasteiger partial charge in [0.1, 0.15) is 11.5 Å². The van der Waals surface area contributed by atoms with Crippen molar-refractivity contribution >= 4 is 11.9 Å². The predicted molar refractivity (Wildman–Crippen MR) is 127 cm³/mol. The van der Waals surface area contributed by atoms with E-state index in [0.29, 0.717) is 6.54 Å². The molecule has 2 aromatic rings. The Morgan fingerprint density at radius 1 is 1.06 bits per heavy atom. The van der Waals surface area contributed by atoms with Crippen LogP contribution in [0.1, 0.15) is 25.3 Å². The second-order valence-electron chi connectivity index (χ2n) is 7.67. The molecule has 0 atom stereocenters. The fourth-order valence-electron chi connectivity index (χ4n) is 3.84. The second-order valence-corrected chi connectivity index (χ2v) is 7.67. The van der Waals surface area contributed by atoms with E-state index in [1.165, 1.54) is 10.8 Å². The molecule has 0 aliphatic carbocycles. The first kappa shape index (κ1) is 22.9. The Balaban J connectivity index is 1.33. The SMILES string of the molecule is C/C=N\N(N)Cc1cccc(OCCCCN2CCN(c3ccccc3OC)CC2)c1. The number of ether oxygens (including phenoxy) is 2. The van der Waals surface area contributed by atoms with Crippen LogP contribution < -0.4 is 20.2 Å². The van der Waals surface area contributed by atoms with Gasteiger partial charge in [0.15, 0.2) is 0 Å². The van der Waals surface area contributed by atoms with Gasteiger partial charge in [0, 0.05) is 32.4 Å². The van der Waals surface area contributed by atoms with Gasteiger partial charge in [0.25, 0.3) is 0 Å². The fraction of sp³-hybridized carbons (Fsp3) is 0.458. The van der Waals surface area contributed by atoms with Gasteiger partial charge < -0.3 is 14.4 Å². The average Bonchev–Trinajstić information content (AvgIpc) is 2.79. The van der Waals surface area contributed by atoms with Crippen LogP contribution in [0.15, 0.2) is 53.6 Å². The predicted octanol–water partition coefficient (Wildman–Crippen LogP) is 3.36. The topological polar surface area (TPSA) is 66.6 Å². The molecule has 0 aromatic heterocycles.